The van der Waals surface area contributed by atoms with E-state index < -0.39 is 11.7 Å². The number of aryl methyl sites for hydroxylation is 1. The molecule has 0 atom stereocenters. The van der Waals surface area contributed by atoms with Crippen LogP contribution in [0.25, 0.3) is 17.0 Å². The van der Waals surface area contributed by atoms with Crippen LogP contribution in [0.15, 0.2) is 42.5 Å². The highest BCUT2D eigenvalue weighted by Crippen LogP contribution is 2.31. The lowest BCUT2D eigenvalue weighted by molar-refractivity contribution is -0.137. The molecule has 2 aromatic heterocycles. The predicted molar refractivity (Wildman–Crippen MR) is 68.2 cm³/mol. The third-order valence-electron chi connectivity index (χ3n) is 3.00. The Morgan fingerprint density at radius 1 is 1.05 bits per heavy atom. The van der Waals surface area contributed by atoms with Gasteiger partial charge in [-0.3, -0.25) is 0 Å². The maximum atomic E-state index is 12.7. The number of halogens is 3. The molecule has 0 fully saturated rings. The van der Waals surface area contributed by atoms with Crippen molar-refractivity contribution in [2.45, 2.75) is 13.1 Å². The second-order valence-electron chi connectivity index (χ2n) is 4.45. The Bertz CT molecular complexity index is 775. The van der Waals surface area contributed by atoms with Gasteiger partial charge < -0.3 is 0 Å². The summed E-state index contributed by atoms with van der Waals surface area (Å²) < 4.78 is 39.7. The van der Waals surface area contributed by atoms with Gasteiger partial charge in [-0.15, -0.1) is 5.10 Å². The smallest absolute Gasteiger partial charge is 0.218 e. The molecule has 0 aliphatic rings. The molecule has 6 heteroatoms. The first kappa shape index (κ1) is 12.7. The van der Waals surface area contributed by atoms with Crippen molar-refractivity contribution in [2.75, 3.05) is 0 Å². The molecule has 0 N–H and O–H groups in total. The number of alkyl halides is 3. The van der Waals surface area contributed by atoms with E-state index in [1.165, 1.54) is 6.07 Å². The van der Waals surface area contributed by atoms with Crippen LogP contribution in [0.4, 0.5) is 13.2 Å². The minimum atomic E-state index is -4.37. The summed E-state index contributed by atoms with van der Waals surface area (Å²) in [5.74, 6) is 0.283. The number of rotatable bonds is 1. The summed E-state index contributed by atoms with van der Waals surface area (Å²) in [4.78, 5) is 4.25. The lowest BCUT2D eigenvalue weighted by atomic mass is 10.1. The standard InChI is InChI=1S/C14H10F3N3/c1-9-4-2-7-12-18-13(19-20(9)12)10-5-3-6-11(8-10)14(15,16)17/h2-8H,1H3. The average Bonchev–Trinajstić information content (AvgIpc) is 2.83. The quantitative estimate of drug-likeness (QED) is 0.678. The van der Waals surface area contributed by atoms with Crippen LogP contribution in [0.1, 0.15) is 11.3 Å². The summed E-state index contributed by atoms with van der Waals surface area (Å²) in [6.45, 7) is 1.86. The second kappa shape index (κ2) is 4.33. The van der Waals surface area contributed by atoms with Crippen molar-refractivity contribution in [2.24, 2.45) is 0 Å². The number of hydrogen-bond acceptors (Lipinski definition) is 2. The van der Waals surface area contributed by atoms with Crippen LogP contribution in [-0.4, -0.2) is 14.6 Å². The molecule has 0 bridgehead atoms. The molecule has 0 aliphatic carbocycles. The molecule has 102 valence electrons. The Morgan fingerprint density at radius 3 is 2.50 bits per heavy atom. The lowest BCUT2D eigenvalue weighted by Gasteiger charge is -2.06. The molecular weight excluding hydrogens is 267 g/mol. The maximum absolute atomic E-state index is 12.7. The van der Waals surface area contributed by atoms with Crippen molar-refractivity contribution < 1.29 is 13.2 Å². The molecule has 3 aromatic rings. The van der Waals surface area contributed by atoms with Crippen molar-refractivity contribution in [3.8, 4) is 11.4 Å². The average molecular weight is 277 g/mol. The van der Waals surface area contributed by atoms with Crippen molar-refractivity contribution in [3.63, 3.8) is 0 Å². The third-order valence-corrected chi connectivity index (χ3v) is 3.00. The van der Waals surface area contributed by atoms with E-state index in [-0.39, 0.29) is 5.82 Å². The lowest BCUT2D eigenvalue weighted by Crippen LogP contribution is -2.04. The molecule has 3 nitrogen and oxygen atoms in total. The minimum absolute atomic E-state index is 0.283. The Hall–Kier alpha value is -2.37. The van der Waals surface area contributed by atoms with Crippen LogP contribution >= 0.6 is 0 Å². The molecule has 2 heterocycles. The molecule has 3 rings (SSSR count). The zero-order valence-corrected chi connectivity index (χ0v) is 10.5. The van der Waals surface area contributed by atoms with E-state index in [0.717, 1.165) is 17.8 Å². The van der Waals surface area contributed by atoms with Gasteiger partial charge in [-0.25, -0.2) is 9.50 Å². The number of nitrogens with zero attached hydrogens (tertiary/aromatic N) is 3. The van der Waals surface area contributed by atoms with Crippen molar-refractivity contribution in [3.05, 3.63) is 53.7 Å². The summed E-state index contributed by atoms with van der Waals surface area (Å²) in [6, 6.07) is 10.5. The number of benzene rings is 1. The van der Waals surface area contributed by atoms with Gasteiger partial charge in [0.25, 0.3) is 0 Å². The zero-order chi connectivity index (χ0) is 14.3. The topological polar surface area (TPSA) is 30.2 Å². The van der Waals surface area contributed by atoms with E-state index in [1.807, 2.05) is 19.1 Å². The number of pyridine rings is 1. The first-order chi connectivity index (χ1) is 9.45. The fraction of sp³-hybridized carbons (Fsp3) is 0.143. The fourth-order valence-corrected chi connectivity index (χ4v) is 1.99. The van der Waals surface area contributed by atoms with Crippen LogP contribution in [0.3, 0.4) is 0 Å². The monoisotopic (exact) mass is 277 g/mol. The van der Waals surface area contributed by atoms with Gasteiger partial charge in [-0.2, -0.15) is 13.2 Å². The number of aromatic nitrogens is 3. The van der Waals surface area contributed by atoms with Gasteiger partial charge in [0.15, 0.2) is 11.5 Å². The van der Waals surface area contributed by atoms with E-state index in [2.05, 4.69) is 10.1 Å². The first-order valence-electron chi connectivity index (χ1n) is 5.95. The molecule has 0 aliphatic heterocycles. The van der Waals surface area contributed by atoms with Crippen molar-refractivity contribution >= 4 is 5.65 Å². The normalized spacial score (nSPS) is 12.0. The zero-order valence-electron chi connectivity index (χ0n) is 10.5. The van der Waals surface area contributed by atoms with E-state index in [1.54, 1.807) is 16.6 Å². The predicted octanol–water partition coefficient (Wildman–Crippen LogP) is 3.72. The first-order valence-corrected chi connectivity index (χ1v) is 5.95. The Kier molecular flexibility index (Phi) is 2.74. The summed E-state index contributed by atoms with van der Waals surface area (Å²) in [5, 5.41) is 4.24. The highest BCUT2D eigenvalue weighted by atomic mass is 19.4. The highest BCUT2D eigenvalue weighted by molar-refractivity contribution is 5.59. The summed E-state index contributed by atoms with van der Waals surface area (Å²) in [6.07, 6.45) is -4.37. The molecule has 20 heavy (non-hydrogen) atoms. The van der Waals surface area contributed by atoms with Crippen LogP contribution in [0.2, 0.25) is 0 Å². The van der Waals surface area contributed by atoms with E-state index in [4.69, 9.17) is 0 Å². The third kappa shape index (κ3) is 2.13. The van der Waals surface area contributed by atoms with Crippen LogP contribution in [-0.2, 0) is 6.18 Å². The van der Waals surface area contributed by atoms with Crippen molar-refractivity contribution in [1.29, 1.82) is 0 Å². The van der Waals surface area contributed by atoms with Crippen LogP contribution in [0.5, 0.6) is 0 Å². The molecule has 0 unspecified atom stereocenters. The van der Waals surface area contributed by atoms with Gasteiger partial charge in [-0.1, -0.05) is 18.2 Å². The number of hydrogen-bond donors (Lipinski definition) is 0. The van der Waals surface area contributed by atoms with E-state index in [0.29, 0.717) is 11.2 Å². The van der Waals surface area contributed by atoms with Gasteiger partial charge in [0.2, 0.25) is 0 Å². The van der Waals surface area contributed by atoms with Crippen molar-refractivity contribution in [1.82, 2.24) is 14.6 Å². The minimum Gasteiger partial charge on any atom is -0.218 e. The summed E-state index contributed by atoms with van der Waals surface area (Å²) >= 11 is 0. The molecular formula is C14H10F3N3. The summed E-state index contributed by atoms with van der Waals surface area (Å²) in [5.41, 5.74) is 1.12. The summed E-state index contributed by atoms with van der Waals surface area (Å²) in [7, 11) is 0. The van der Waals surface area contributed by atoms with Gasteiger partial charge in [0.05, 0.1) is 5.56 Å². The Balaban J connectivity index is 2.14. The van der Waals surface area contributed by atoms with Gasteiger partial charge >= 0.3 is 6.18 Å². The number of fused-ring (bicyclic) bond motifs is 1. The van der Waals surface area contributed by atoms with Gasteiger partial charge in [0, 0.05) is 11.3 Å². The maximum Gasteiger partial charge on any atom is 0.416 e. The fourth-order valence-electron chi connectivity index (χ4n) is 1.99. The van der Waals surface area contributed by atoms with E-state index >= 15 is 0 Å². The molecule has 0 amide bonds. The van der Waals surface area contributed by atoms with Gasteiger partial charge in [-0.05, 0) is 31.2 Å². The largest absolute Gasteiger partial charge is 0.416 e. The Labute approximate surface area is 112 Å². The second-order valence-corrected chi connectivity index (χ2v) is 4.45. The molecule has 0 saturated heterocycles. The Morgan fingerprint density at radius 2 is 1.80 bits per heavy atom. The molecule has 0 saturated carbocycles. The molecule has 0 radical (unpaired) electrons. The molecule has 0 spiro atoms. The SMILES string of the molecule is Cc1cccc2nc(-c3cccc(C(F)(F)F)c3)nn12. The van der Waals surface area contributed by atoms with Gasteiger partial charge in [0.1, 0.15) is 0 Å². The van der Waals surface area contributed by atoms with Crippen LogP contribution < -0.4 is 0 Å². The highest BCUT2D eigenvalue weighted by Gasteiger charge is 2.30. The molecule has 1 aromatic carbocycles. The van der Waals surface area contributed by atoms with Crippen LogP contribution in [0, 0.1) is 6.92 Å². The van der Waals surface area contributed by atoms with E-state index in [9.17, 15) is 13.2 Å².